The van der Waals surface area contributed by atoms with Crippen LogP contribution < -0.4 is 15.2 Å². The Kier molecular flexibility index (Phi) is 5.21. The van der Waals surface area contributed by atoms with E-state index in [0.29, 0.717) is 25.4 Å². The van der Waals surface area contributed by atoms with Gasteiger partial charge in [0.15, 0.2) is 0 Å². The van der Waals surface area contributed by atoms with Crippen LogP contribution >= 0.6 is 0 Å². The second kappa shape index (κ2) is 6.74. The summed E-state index contributed by atoms with van der Waals surface area (Å²) in [5, 5.41) is 0. The van der Waals surface area contributed by atoms with Gasteiger partial charge < -0.3 is 15.2 Å². The number of benzene rings is 1. The van der Waals surface area contributed by atoms with E-state index in [1.165, 1.54) is 12.1 Å². The number of methoxy groups -OCH3 is 1. The lowest BCUT2D eigenvalue weighted by molar-refractivity contribution is -0.0659. The summed E-state index contributed by atoms with van der Waals surface area (Å²) in [4.78, 5) is 0.216. The molecule has 1 fully saturated rings. The highest BCUT2D eigenvalue weighted by atomic mass is 32.2. The molecule has 0 bridgehead atoms. The van der Waals surface area contributed by atoms with E-state index in [4.69, 9.17) is 15.2 Å². The SMILES string of the molecule is COC1(CNS(=O)(=O)c2ccc(OCCN)cc2)CCC1. The van der Waals surface area contributed by atoms with E-state index >= 15 is 0 Å². The first-order valence-electron chi connectivity index (χ1n) is 6.99. The highest BCUT2D eigenvalue weighted by molar-refractivity contribution is 7.89. The third-order valence-corrected chi connectivity index (χ3v) is 5.22. The van der Waals surface area contributed by atoms with Crippen LogP contribution in [-0.4, -0.2) is 40.8 Å². The molecule has 1 aliphatic carbocycles. The molecule has 2 rings (SSSR count). The van der Waals surface area contributed by atoms with Crippen LogP contribution in [0.15, 0.2) is 29.2 Å². The molecular weight excluding hydrogens is 292 g/mol. The summed E-state index contributed by atoms with van der Waals surface area (Å²) in [7, 11) is -1.91. The number of nitrogens with one attached hydrogen (secondary N) is 1. The van der Waals surface area contributed by atoms with Crippen molar-refractivity contribution in [2.45, 2.75) is 29.8 Å². The summed E-state index contributed by atoms with van der Waals surface area (Å²) in [5.41, 5.74) is 5.01. The Morgan fingerprint density at radius 1 is 1.29 bits per heavy atom. The molecule has 0 atom stereocenters. The topological polar surface area (TPSA) is 90.6 Å². The minimum absolute atomic E-state index is 0.216. The number of rotatable bonds is 8. The van der Waals surface area contributed by atoms with Crippen molar-refractivity contribution in [3.63, 3.8) is 0 Å². The molecule has 118 valence electrons. The summed E-state index contributed by atoms with van der Waals surface area (Å²) < 4.78 is 37.8. The van der Waals surface area contributed by atoms with E-state index in [1.807, 2.05) is 0 Å². The fraction of sp³-hybridized carbons (Fsp3) is 0.571. The largest absolute Gasteiger partial charge is 0.492 e. The monoisotopic (exact) mass is 314 g/mol. The van der Waals surface area contributed by atoms with Gasteiger partial charge in [0, 0.05) is 20.2 Å². The maximum Gasteiger partial charge on any atom is 0.240 e. The molecule has 6 nitrogen and oxygen atoms in total. The second-order valence-corrected chi connectivity index (χ2v) is 6.94. The Bertz CT molecular complexity index is 547. The van der Waals surface area contributed by atoms with Gasteiger partial charge in [-0.05, 0) is 43.5 Å². The third kappa shape index (κ3) is 3.94. The predicted molar refractivity (Wildman–Crippen MR) is 79.8 cm³/mol. The van der Waals surface area contributed by atoms with Crippen molar-refractivity contribution >= 4 is 10.0 Å². The molecule has 21 heavy (non-hydrogen) atoms. The van der Waals surface area contributed by atoms with Gasteiger partial charge in [-0.1, -0.05) is 0 Å². The van der Waals surface area contributed by atoms with E-state index in [0.717, 1.165) is 19.3 Å². The molecule has 1 aliphatic rings. The van der Waals surface area contributed by atoms with Gasteiger partial charge in [-0.15, -0.1) is 0 Å². The highest BCUT2D eigenvalue weighted by Gasteiger charge is 2.37. The lowest BCUT2D eigenvalue weighted by atomic mass is 9.80. The van der Waals surface area contributed by atoms with E-state index in [2.05, 4.69) is 4.72 Å². The highest BCUT2D eigenvalue weighted by Crippen LogP contribution is 2.34. The fourth-order valence-corrected chi connectivity index (χ4v) is 3.34. The molecule has 7 heteroatoms. The predicted octanol–water partition coefficient (Wildman–Crippen LogP) is 0.872. The molecular formula is C14H22N2O4S. The van der Waals surface area contributed by atoms with Crippen LogP contribution in [0.4, 0.5) is 0 Å². The zero-order chi connectivity index (χ0) is 15.3. The molecule has 0 radical (unpaired) electrons. The van der Waals surface area contributed by atoms with Crippen LogP contribution in [-0.2, 0) is 14.8 Å². The first-order valence-corrected chi connectivity index (χ1v) is 8.47. The minimum atomic E-state index is -3.53. The Morgan fingerprint density at radius 3 is 2.43 bits per heavy atom. The summed E-state index contributed by atoms with van der Waals surface area (Å²) >= 11 is 0. The summed E-state index contributed by atoms with van der Waals surface area (Å²) in [6.07, 6.45) is 2.85. The molecule has 1 aromatic carbocycles. The van der Waals surface area contributed by atoms with Gasteiger partial charge in [-0.25, -0.2) is 13.1 Å². The first kappa shape index (κ1) is 16.2. The standard InChI is InChI=1S/C14H22N2O4S/c1-19-14(7-2-8-14)11-16-21(17,18)13-5-3-12(4-6-13)20-10-9-15/h3-6,16H,2,7-11,15H2,1H3. The summed E-state index contributed by atoms with van der Waals surface area (Å²) in [5.74, 6) is 0.603. The Hall–Kier alpha value is -1.15. The number of sulfonamides is 1. The van der Waals surface area contributed by atoms with E-state index in [-0.39, 0.29) is 10.5 Å². The Balaban J connectivity index is 1.98. The maximum absolute atomic E-state index is 12.2. The summed E-state index contributed by atoms with van der Waals surface area (Å²) in [6, 6.07) is 6.29. The third-order valence-electron chi connectivity index (χ3n) is 3.80. The van der Waals surface area contributed by atoms with E-state index in [1.54, 1.807) is 19.2 Å². The quantitative estimate of drug-likeness (QED) is 0.743. The van der Waals surface area contributed by atoms with E-state index in [9.17, 15) is 8.42 Å². The number of ether oxygens (including phenoxy) is 2. The van der Waals surface area contributed by atoms with Crippen molar-refractivity contribution in [1.29, 1.82) is 0 Å². The smallest absolute Gasteiger partial charge is 0.240 e. The normalized spacial score (nSPS) is 17.2. The molecule has 0 aliphatic heterocycles. The average Bonchev–Trinajstić information content (AvgIpc) is 2.45. The van der Waals surface area contributed by atoms with Crippen LogP contribution in [0.1, 0.15) is 19.3 Å². The van der Waals surface area contributed by atoms with Crippen molar-refractivity contribution < 1.29 is 17.9 Å². The van der Waals surface area contributed by atoms with Gasteiger partial charge in [0.25, 0.3) is 0 Å². The maximum atomic E-state index is 12.2. The number of hydrogen-bond donors (Lipinski definition) is 2. The minimum Gasteiger partial charge on any atom is -0.492 e. The Morgan fingerprint density at radius 2 is 1.95 bits per heavy atom. The lowest BCUT2D eigenvalue weighted by Crippen LogP contribution is -2.49. The molecule has 1 saturated carbocycles. The first-order chi connectivity index (χ1) is 10.0. The fourth-order valence-electron chi connectivity index (χ4n) is 2.23. The van der Waals surface area contributed by atoms with Crippen molar-refractivity contribution in [2.24, 2.45) is 5.73 Å². The van der Waals surface area contributed by atoms with Crippen molar-refractivity contribution in [3.05, 3.63) is 24.3 Å². The molecule has 0 unspecified atom stereocenters. The van der Waals surface area contributed by atoms with Crippen molar-refractivity contribution in [3.8, 4) is 5.75 Å². The van der Waals surface area contributed by atoms with E-state index < -0.39 is 10.0 Å². The second-order valence-electron chi connectivity index (χ2n) is 5.17. The van der Waals surface area contributed by atoms with Crippen LogP contribution in [0.3, 0.4) is 0 Å². The molecule has 0 aromatic heterocycles. The lowest BCUT2D eigenvalue weighted by Gasteiger charge is -2.40. The Labute approximate surface area is 125 Å². The molecule has 0 spiro atoms. The average molecular weight is 314 g/mol. The van der Waals surface area contributed by atoms with Crippen LogP contribution in [0.25, 0.3) is 0 Å². The van der Waals surface area contributed by atoms with Crippen molar-refractivity contribution in [2.75, 3.05) is 26.8 Å². The summed E-state index contributed by atoms with van der Waals surface area (Å²) in [6.45, 7) is 1.12. The van der Waals surface area contributed by atoms with Crippen LogP contribution in [0.5, 0.6) is 5.75 Å². The van der Waals surface area contributed by atoms with Gasteiger partial charge in [-0.2, -0.15) is 0 Å². The van der Waals surface area contributed by atoms with Crippen molar-refractivity contribution in [1.82, 2.24) is 4.72 Å². The van der Waals surface area contributed by atoms with Gasteiger partial charge in [0.05, 0.1) is 10.5 Å². The van der Waals surface area contributed by atoms with Gasteiger partial charge in [-0.3, -0.25) is 0 Å². The van der Waals surface area contributed by atoms with Gasteiger partial charge >= 0.3 is 0 Å². The molecule has 3 N–H and O–H groups in total. The molecule has 0 heterocycles. The van der Waals surface area contributed by atoms with Crippen LogP contribution in [0.2, 0.25) is 0 Å². The molecule has 1 aromatic rings. The number of hydrogen-bond acceptors (Lipinski definition) is 5. The molecule has 0 amide bonds. The molecule has 0 saturated heterocycles. The van der Waals surface area contributed by atoms with Crippen LogP contribution in [0, 0.1) is 0 Å². The number of nitrogens with two attached hydrogens (primary N) is 1. The van der Waals surface area contributed by atoms with Gasteiger partial charge in [0.1, 0.15) is 12.4 Å². The zero-order valence-corrected chi connectivity index (χ0v) is 13.0. The van der Waals surface area contributed by atoms with Gasteiger partial charge in [0.2, 0.25) is 10.0 Å². The zero-order valence-electron chi connectivity index (χ0n) is 12.2.